The molecule has 3 aromatic heterocycles. The zero-order chi connectivity index (χ0) is 46.7. The lowest BCUT2D eigenvalue weighted by molar-refractivity contribution is 0.590. The number of aromatic nitrogens is 1. The van der Waals surface area contributed by atoms with Crippen LogP contribution in [0.2, 0.25) is 0 Å². The lowest BCUT2D eigenvalue weighted by Gasteiger charge is -2.43. The molecule has 0 atom stereocenters. The maximum absolute atomic E-state index is 6.85. The second-order valence-electron chi connectivity index (χ2n) is 23.8. The lowest BCUT2D eigenvalue weighted by Crippen LogP contribution is -2.60. The Bertz CT molecular complexity index is 4060. The van der Waals surface area contributed by atoms with Crippen molar-refractivity contribution in [2.75, 3.05) is 4.81 Å². The molecule has 5 heterocycles. The van der Waals surface area contributed by atoms with Gasteiger partial charge in [0.05, 0.1) is 11.0 Å². The first-order valence-corrected chi connectivity index (χ1v) is 25.3. The Morgan fingerprint density at radius 1 is 0.529 bits per heavy atom. The SMILES string of the molecule is CC(C)(C)c1ccc(N2B3c4cc5oc6ccccc6c5cc4-n4c5ccc(C(C)(C)C)cc5c5c6c(c(c3c54)-c3cc4c(cc32)sc2cc(C(C)(C)C)ccc24)-c2ccccc2C6(C)C)cc1. The maximum Gasteiger partial charge on any atom is 0.333 e. The Balaban J connectivity index is 1.22. The van der Waals surface area contributed by atoms with E-state index >= 15 is 0 Å². The van der Waals surface area contributed by atoms with Crippen LogP contribution in [-0.4, -0.2) is 11.4 Å². The van der Waals surface area contributed by atoms with Gasteiger partial charge in [0.2, 0.25) is 0 Å². The average molecular weight is 899 g/mol. The van der Waals surface area contributed by atoms with E-state index in [0.717, 1.165) is 21.9 Å². The summed E-state index contributed by atoms with van der Waals surface area (Å²) < 4.78 is 12.2. The molecule has 3 nitrogen and oxygen atoms in total. The van der Waals surface area contributed by atoms with E-state index < -0.39 is 0 Å². The summed E-state index contributed by atoms with van der Waals surface area (Å²) in [7, 11) is 0. The molecule has 0 saturated carbocycles. The first kappa shape index (κ1) is 40.5. The van der Waals surface area contributed by atoms with Crippen molar-refractivity contribution in [2.24, 2.45) is 0 Å². The normalized spacial score (nSPS) is 15.0. The maximum atomic E-state index is 6.85. The third-order valence-electron chi connectivity index (χ3n) is 16.2. The summed E-state index contributed by atoms with van der Waals surface area (Å²) in [4.78, 5) is 2.71. The highest BCUT2D eigenvalue weighted by molar-refractivity contribution is 7.25. The predicted molar refractivity (Wildman–Crippen MR) is 294 cm³/mol. The summed E-state index contributed by atoms with van der Waals surface area (Å²) in [5, 5.41) is 7.67. The number of thiophene rings is 1. The lowest BCUT2D eigenvalue weighted by atomic mass is 9.43. The number of nitrogens with zero attached hydrogens (tertiary/aromatic N) is 2. The second-order valence-corrected chi connectivity index (χ2v) is 24.8. The van der Waals surface area contributed by atoms with Crippen LogP contribution in [0, 0.1) is 0 Å². The Labute approximate surface area is 403 Å². The fourth-order valence-corrected chi connectivity index (χ4v) is 13.8. The van der Waals surface area contributed by atoms with Crippen LogP contribution in [0.1, 0.15) is 104 Å². The van der Waals surface area contributed by atoms with E-state index in [0.29, 0.717) is 0 Å². The molecule has 0 bridgehead atoms. The Kier molecular flexibility index (Phi) is 7.71. The number of hydrogen-bond donors (Lipinski definition) is 0. The van der Waals surface area contributed by atoms with Crippen LogP contribution in [-0.2, 0) is 21.7 Å². The van der Waals surface area contributed by atoms with Crippen molar-refractivity contribution in [3.05, 3.63) is 161 Å². The van der Waals surface area contributed by atoms with E-state index in [2.05, 4.69) is 219 Å². The number of furan rings is 1. The van der Waals surface area contributed by atoms with Crippen molar-refractivity contribution in [3.63, 3.8) is 0 Å². The van der Waals surface area contributed by atoms with Crippen LogP contribution < -0.4 is 15.7 Å². The van der Waals surface area contributed by atoms with Gasteiger partial charge >= 0.3 is 6.85 Å². The van der Waals surface area contributed by atoms with Gasteiger partial charge < -0.3 is 13.8 Å². The van der Waals surface area contributed by atoms with Crippen molar-refractivity contribution in [2.45, 2.75) is 97.8 Å². The van der Waals surface area contributed by atoms with Gasteiger partial charge in [0.1, 0.15) is 11.2 Å². The van der Waals surface area contributed by atoms with Gasteiger partial charge in [-0.05, 0) is 132 Å². The van der Waals surface area contributed by atoms with E-state index in [1.165, 1.54) is 120 Å². The minimum absolute atomic E-state index is 0.0180. The molecule has 332 valence electrons. The van der Waals surface area contributed by atoms with E-state index in [4.69, 9.17) is 4.42 Å². The molecule has 3 aliphatic rings. The second kappa shape index (κ2) is 12.9. The number of fused-ring (bicyclic) bond motifs is 19. The summed E-state index contributed by atoms with van der Waals surface area (Å²) in [6, 6.07) is 51.9. The third-order valence-corrected chi connectivity index (χ3v) is 17.3. The van der Waals surface area contributed by atoms with Crippen molar-refractivity contribution in [1.29, 1.82) is 0 Å². The molecule has 2 aliphatic heterocycles. The van der Waals surface area contributed by atoms with Gasteiger partial charge in [-0.25, -0.2) is 0 Å². The highest BCUT2D eigenvalue weighted by atomic mass is 32.1. The summed E-state index contributed by atoms with van der Waals surface area (Å²) in [6.45, 7) is 25.8. The van der Waals surface area contributed by atoms with Crippen molar-refractivity contribution >= 4 is 104 Å². The number of hydrogen-bond acceptors (Lipinski definition) is 3. The van der Waals surface area contributed by atoms with Crippen LogP contribution in [0.15, 0.2) is 138 Å². The number of para-hydroxylation sites is 1. The molecule has 0 saturated heterocycles. The van der Waals surface area contributed by atoms with Crippen LogP contribution in [0.5, 0.6) is 0 Å². The molecular formula is C63H55BN2OS. The van der Waals surface area contributed by atoms with Gasteiger partial charge in [-0.2, -0.15) is 0 Å². The number of benzene rings is 8. The minimum Gasteiger partial charge on any atom is -0.456 e. The largest absolute Gasteiger partial charge is 0.456 e. The number of rotatable bonds is 1. The molecule has 1 aliphatic carbocycles. The zero-order valence-corrected chi connectivity index (χ0v) is 41.8. The summed E-state index contributed by atoms with van der Waals surface area (Å²) in [5.41, 5.74) is 22.8. The first-order chi connectivity index (χ1) is 32.4. The molecular weight excluding hydrogens is 844 g/mol. The zero-order valence-electron chi connectivity index (χ0n) is 41.0. The average Bonchev–Trinajstić information content (AvgIpc) is 4.02. The molecule has 0 spiro atoms. The molecule has 0 amide bonds. The van der Waals surface area contributed by atoms with Crippen molar-refractivity contribution in [1.82, 2.24) is 4.57 Å². The van der Waals surface area contributed by atoms with Crippen LogP contribution in [0.4, 0.5) is 11.4 Å². The minimum atomic E-state index is -0.263. The standard InChI is InChI=1S/C63H55BN2OS/c1-60(2,3)34-20-24-37(25-21-34)66-48-33-53-42(39-26-22-36(62(7,8)9)29-52(39)68-53)30-44(48)55-54-40-17-12-14-18-45(40)63(10,11)57(54)56-43-28-35(61(4,5)6)23-27-47(43)65-49-31-41-38-16-13-15-19-50(38)67-51(41)32-46(49)64(66)58(55)59(56)65/h12-33H,1-11H3. The highest BCUT2D eigenvalue weighted by Crippen LogP contribution is 2.60. The number of anilines is 2. The summed E-state index contributed by atoms with van der Waals surface area (Å²) >= 11 is 1.94. The first-order valence-electron chi connectivity index (χ1n) is 24.5. The van der Waals surface area contributed by atoms with Crippen LogP contribution in [0.3, 0.4) is 0 Å². The van der Waals surface area contributed by atoms with E-state index in [1.807, 2.05) is 11.3 Å². The molecule has 0 N–H and O–H groups in total. The smallest absolute Gasteiger partial charge is 0.333 e. The summed E-state index contributed by atoms with van der Waals surface area (Å²) in [5.74, 6) is 0. The topological polar surface area (TPSA) is 21.3 Å². The molecule has 0 radical (unpaired) electrons. The van der Waals surface area contributed by atoms with Gasteiger partial charge in [0.15, 0.2) is 0 Å². The van der Waals surface area contributed by atoms with Gasteiger partial charge in [0, 0.05) is 69.8 Å². The summed E-state index contributed by atoms with van der Waals surface area (Å²) in [6.07, 6.45) is 0. The third kappa shape index (κ3) is 5.21. The fraction of sp³-hybridized carbons (Fsp3) is 0.238. The molecule has 5 heteroatoms. The predicted octanol–water partition coefficient (Wildman–Crippen LogP) is 16.5. The molecule has 0 unspecified atom stereocenters. The van der Waals surface area contributed by atoms with E-state index in [1.54, 1.807) is 0 Å². The molecule has 11 aromatic rings. The monoisotopic (exact) mass is 898 g/mol. The van der Waals surface area contributed by atoms with E-state index in [-0.39, 0.29) is 28.5 Å². The van der Waals surface area contributed by atoms with Crippen LogP contribution in [0.25, 0.3) is 91.9 Å². The molecule has 68 heavy (non-hydrogen) atoms. The van der Waals surface area contributed by atoms with Crippen molar-refractivity contribution in [3.8, 4) is 27.9 Å². The molecule has 8 aromatic carbocycles. The van der Waals surface area contributed by atoms with Gasteiger partial charge in [-0.3, -0.25) is 0 Å². The molecule has 0 fully saturated rings. The van der Waals surface area contributed by atoms with Crippen molar-refractivity contribution < 1.29 is 4.42 Å². The van der Waals surface area contributed by atoms with E-state index in [9.17, 15) is 0 Å². The van der Waals surface area contributed by atoms with Gasteiger partial charge in [0.25, 0.3) is 0 Å². The Morgan fingerprint density at radius 2 is 1.21 bits per heavy atom. The van der Waals surface area contributed by atoms with Crippen LogP contribution >= 0.6 is 11.3 Å². The van der Waals surface area contributed by atoms with Gasteiger partial charge in [-0.15, -0.1) is 11.3 Å². The Morgan fingerprint density at radius 3 is 1.97 bits per heavy atom. The highest BCUT2D eigenvalue weighted by Gasteiger charge is 2.50. The van der Waals surface area contributed by atoms with Gasteiger partial charge in [-0.1, -0.05) is 149 Å². The fourth-order valence-electron chi connectivity index (χ4n) is 12.7. The Hall–Kier alpha value is -6.56. The molecule has 14 rings (SSSR count). The quantitative estimate of drug-likeness (QED) is 0.153.